The van der Waals surface area contributed by atoms with Crippen molar-refractivity contribution in [2.45, 2.75) is 6.61 Å². The molecule has 0 atom stereocenters. The first-order valence-electron chi connectivity index (χ1n) is 9.68. The van der Waals surface area contributed by atoms with Gasteiger partial charge in [0.25, 0.3) is 0 Å². The Bertz CT molecular complexity index is 1070. The summed E-state index contributed by atoms with van der Waals surface area (Å²) in [7, 11) is 4.21. The lowest BCUT2D eigenvalue weighted by molar-refractivity contribution is 0.0599. The molecule has 0 radical (unpaired) electrons. The number of pyridine rings is 1. The zero-order valence-corrected chi connectivity index (χ0v) is 18.0. The van der Waals surface area contributed by atoms with Gasteiger partial charge in [-0.3, -0.25) is 4.79 Å². The summed E-state index contributed by atoms with van der Waals surface area (Å²) >= 11 is 0. The SMILES string of the molecule is COC(=O)c1cc(OC)c(OCc2ccccc2)c(OCC(=O)c2ccc(OC)nc2)c1. The van der Waals surface area contributed by atoms with Gasteiger partial charge in [-0.25, -0.2) is 9.78 Å². The number of esters is 1. The fourth-order valence-corrected chi connectivity index (χ4v) is 2.84. The monoisotopic (exact) mass is 437 g/mol. The average molecular weight is 437 g/mol. The first-order valence-corrected chi connectivity index (χ1v) is 9.68. The molecule has 2 aromatic carbocycles. The van der Waals surface area contributed by atoms with Crippen molar-refractivity contribution in [3.8, 4) is 23.1 Å². The zero-order valence-electron chi connectivity index (χ0n) is 18.0. The maximum absolute atomic E-state index is 12.6. The predicted molar refractivity (Wildman–Crippen MR) is 116 cm³/mol. The molecular weight excluding hydrogens is 414 g/mol. The van der Waals surface area contributed by atoms with E-state index in [9.17, 15) is 9.59 Å². The highest BCUT2D eigenvalue weighted by Crippen LogP contribution is 2.39. The van der Waals surface area contributed by atoms with Gasteiger partial charge in [0, 0.05) is 17.8 Å². The van der Waals surface area contributed by atoms with E-state index in [1.54, 1.807) is 12.1 Å². The van der Waals surface area contributed by atoms with Crippen LogP contribution in [0.15, 0.2) is 60.8 Å². The molecule has 0 saturated carbocycles. The van der Waals surface area contributed by atoms with Crippen LogP contribution in [0.4, 0.5) is 0 Å². The number of carbonyl (C=O) groups excluding carboxylic acids is 2. The Labute approximate surface area is 185 Å². The Morgan fingerprint density at radius 1 is 0.844 bits per heavy atom. The van der Waals surface area contributed by atoms with Crippen LogP contribution in [0.2, 0.25) is 0 Å². The largest absolute Gasteiger partial charge is 0.493 e. The van der Waals surface area contributed by atoms with E-state index in [-0.39, 0.29) is 41.8 Å². The van der Waals surface area contributed by atoms with Crippen molar-refractivity contribution in [2.24, 2.45) is 0 Å². The third-order valence-corrected chi connectivity index (χ3v) is 4.51. The highest BCUT2D eigenvalue weighted by Gasteiger charge is 2.20. The van der Waals surface area contributed by atoms with Gasteiger partial charge in [0.15, 0.2) is 18.1 Å². The van der Waals surface area contributed by atoms with Gasteiger partial charge in [-0.05, 0) is 23.8 Å². The van der Waals surface area contributed by atoms with Crippen LogP contribution < -0.4 is 18.9 Å². The number of methoxy groups -OCH3 is 3. The van der Waals surface area contributed by atoms with Crippen LogP contribution in [0.1, 0.15) is 26.3 Å². The molecule has 8 nitrogen and oxygen atoms in total. The zero-order chi connectivity index (χ0) is 22.9. The lowest BCUT2D eigenvalue weighted by Gasteiger charge is -2.17. The van der Waals surface area contributed by atoms with Gasteiger partial charge in [-0.15, -0.1) is 0 Å². The molecule has 0 amide bonds. The lowest BCUT2D eigenvalue weighted by Crippen LogP contribution is -2.13. The van der Waals surface area contributed by atoms with Crippen molar-refractivity contribution in [1.82, 2.24) is 4.98 Å². The summed E-state index contributed by atoms with van der Waals surface area (Å²) in [6, 6.07) is 15.7. The maximum Gasteiger partial charge on any atom is 0.338 e. The van der Waals surface area contributed by atoms with Crippen molar-refractivity contribution in [2.75, 3.05) is 27.9 Å². The van der Waals surface area contributed by atoms with E-state index in [1.807, 2.05) is 30.3 Å². The summed E-state index contributed by atoms with van der Waals surface area (Å²) in [5.41, 5.74) is 1.48. The van der Waals surface area contributed by atoms with Crippen LogP contribution in [-0.2, 0) is 11.3 Å². The summed E-state index contributed by atoms with van der Waals surface area (Å²) in [5.74, 6) is 0.234. The van der Waals surface area contributed by atoms with E-state index in [1.165, 1.54) is 39.7 Å². The highest BCUT2D eigenvalue weighted by atomic mass is 16.5. The summed E-state index contributed by atoms with van der Waals surface area (Å²) in [5, 5.41) is 0. The number of hydrogen-bond acceptors (Lipinski definition) is 8. The number of carbonyl (C=O) groups is 2. The quantitative estimate of drug-likeness (QED) is 0.350. The summed E-state index contributed by atoms with van der Waals surface area (Å²) in [4.78, 5) is 28.7. The normalized spacial score (nSPS) is 10.2. The number of aromatic nitrogens is 1. The van der Waals surface area contributed by atoms with Crippen LogP contribution >= 0.6 is 0 Å². The van der Waals surface area contributed by atoms with Gasteiger partial charge in [0.1, 0.15) is 6.61 Å². The lowest BCUT2D eigenvalue weighted by atomic mass is 10.1. The highest BCUT2D eigenvalue weighted by molar-refractivity contribution is 5.97. The molecule has 0 saturated heterocycles. The van der Waals surface area contributed by atoms with Crippen LogP contribution in [0.25, 0.3) is 0 Å². The topological polar surface area (TPSA) is 93.2 Å². The summed E-state index contributed by atoms with van der Waals surface area (Å²) in [6.45, 7) is -0.0645. The molecule has 32 heavy (non-hydrogen) atoms. The molecule has 0 unspecified atom stereocenters. The Morgan fingerprint density at radius 2 is 1.59 bits per heavy atom. The van der Waals surface area contributed by atoms with Gasteiger partial charge < -0.3 is 23.7 Å². The van der Waals surface area contributed by atoms with Crippen molar-refractivity contribution in [3.63, 3.8) is 0 Å². The number of Topliss-reactive ketones (excluding diaryl/α,β-unsaturated/α-hetero) is 1. The van der Waals surface area contributed by atoms with E-state index < -0.39 is 5.97 Å². The standard InChI is InChI=1S/C24H23NO7/c1-28-20-11-18(24(27)30-3)12-21(23(20)32-14-16-7-5-4-6-8-16)31-15-19(26)17-9-10-22(29-2)25-13-17/h4-13H,14-15H2,1-3H3. The number of benzene rings is 2. The van der Waals surface area contributed by atoms with Gasteiger partial charge in [-0.1, -0.05) is 30.3 Å². The second kappa shape index (κ2) is 10.8. The fraction of sp³-hybridized carbons (Fsp3) is 0.208. The van der Waals surface area contributed by atoms with Crippen LogP contribution in [-0.4, -0.2) is 44.7 Å². The Hall–Kier alpha value is -4.07. The molecule has 1 heterocycles. The number of ketones is 1. The van der Waals surface area contributed by atoms with E-state index in [2.05, 4.69) is 4.98 Å². The van der Waals surface area contributed by atoms with Gasteiger partial charge in [0.2, 0.25) is 17.4 Å². The Morgan fingerprint density at radius 3 is 2.22 bits per heavy atom. The third kappa shape index (κ3) is 5.54. The predicted octanol–water partition coefficient (Wildman–Crippen LogP) is 3.73. The van der Waals surface area contributed by atoms with Crippen molar-refractivity contribution < 1.29 is 33.3 Å². The number of rotatable bonds is 10. The molecule has 0 aliphatic heterocycles. The van der Waals surface area contributed by atoms with Crippen molar-refractivity contribution in [1.29, 1.82) is 0 Å². The molecular formula is C24H23NO7. The first-order chi connectivity index (χ1) is 15.5. The summed E-state index contributed by atoms with van der Waals surface area (Å²) in [6.07, 6.45) is 1.41. The molecule has 0 spiro atoms. The second-order valence-corrected chi connectivity index (χ2v) is 6.57. The van der Waals surface area contributed by atoms with E-state index >= 15 is 0 Å². The van der Waals surface area contributed by atoms with E-state index in [0.29, 0.717) is 11.4 Å². The molecule has 3 aromatic rings. The second-order valence-electron chi connectivity index (χ2n) is 6.57. The minimum absolute atomic E-state index is 0.176. The van der Waals surface area contributed by atoms with Crippen LogP contribution in [0, 0.1) is 0 Å². The average Bonchev–Trinajstić information content (AvgIpc) is 2.85. The molecule has 3 rings (SSSR count). The Kier molecular flexibility index (Phi) is 7.64. The molecule has 0 fully saturated rings. The molecule has 0 N–H and O–H groups in total. The smallest absolute Gasteiger partial charge is 0.338 e. The van der Waals surface area contributed by atoms with E-state index in [0.717, 1.165) is 5.56 Å². The third-order valence-electron chi connectivity index (χ3n) is 4.51. The van der Waals surface area contributed by atoms with Crippen LogP contribution in [0.5, 0.6) is 23.1 Å². The molecule has 0 aliphatic carbocycles. The molecule has 1 aromatic heterocycles. The van der Waals surface area contributed by atoms with Crippen LogP contribution in [0.3, 0.4) is 0 Å². The minimum Gasteiger partial charge on any atom is -0.493 e. The molecule has 166 valence electrons. The number of nitrogens with zero attached hydrogens (tertiary/aromatic N) is 1. The van der Waals surface area contributed by atoms with Gasteiger partial charge in [0.05, 0.1) is 26.9 Å². The van der Waals surface area contributed by atoms with Gasteiger partial charge in [-0.2, -0.15) is 0 Å². The molecule has 0 bridgehead atoms. The number of hydrogen-bond donors (Lipinski definition) is 0. The van der Waals surface area contributed by atoms with Crippen molar-refractivity contribution in [3.05, 3.63) is 77.5 Å². The summed E-state index contributed by atoms with van der Waals surface area (Å²) < 4.78 is 26.9. The fourth-order valence-electron chi connectivity index (χ4n) is 2.84. The first kappa shape index (κ1) is 22.6. The van der Waals surface area contributed by atoms with Crippen molar-refractivity contribution >= 4 is 11.8 Å². The molecule has 0 aliphatic rings. The maximum atomic E-state index is 12.6. The minimum atomic E-state index is -0.576. The van der Waals surface area contributed by atoms with Gasteiger partial charge >= 0.3 is 5.97 Å². The van der Waals surface area contributed by atoms with E-state index in [4.69, 9.17) is 23.7 Å². The number of ether oxygens (including phenoxy) is 5. The Balaban J connectivity index is 1.85. The molecule has 8 heteroatoms.